The van der Waals surface area contributed by atoms with Crippen LogP contribution in [0.15, 0.2) is 24.3 Å². The Labute approximate surface area is 53.7 Å². The van der Waals surface area contributed by atoms with Gasteiger partial charge in [-0.1, -0.05) is 0 Å². The Bertz CT molecular complexity index is 207. The van der Waals surface area contributed by atoms with E-state index in [0.29, 0.717) is 5.30 Å². The Morgan fingerprint density at radius 1 is 1.22 bits per heavy atom. The van der Waals surface area contributed by atoms with Crippen molar-refractivity contribution >= 4 is 13.8 Å². The fourth-order valence-corrected chi connectivity index (χ4v) is 0.821. The molecule has 1 atom stereocenters. The highest BCUT2D eigenvalue weighted by molar-refractivity contribution is 7.34. The normalized spacial score (nSPS) is 9.89. The summed E-state index contributed by atoms with van der Waals surface area (Å²) in [7, 11) is -0.490. The lowest BCUT2D eigenvalue weighted by Crippen LogP contribution is -1.88. The average molecular weight is 143 g/mol. The van der Waals surface area contributed by atoms with Crippen LogP contribution in [0.2, 0.25) is 0 Å². The van der Waals surface area contributed by atoms with Crippen LogP contribution in [-0.2, 0) is 4.57 Å². The zero-order chi connectivity index (χ0) is 6.69. The monoisotopic (exact) mass is 143 g/mol. The lowest BCUT2D eigenvalue weighted by molar-refractivity contribution is 0.603. The molecule has 1 nitrogen and oxygen atoms in total. The maximum Gasteiger partial charge on any atom is 0.123 e. The molecule has 3 heteroatoms. The first-order valence-corrected chi connectivity index (χ1v) is 3.37. The third kappa shape index (κ3) is 1.58. The highest BCUT2D eigenvalue weighted by atomic mass is 31.1. The Morgan fingerprint density at radius 3 is 2.22 bits per heavy atom. The number of benzene rings is 1. The molecule has 1 rings (SSSR count). The van der Waals surface area contributed by atoms with Gasteiger partial charge in [0, 0.05) is 5.30 Å². The van der Waals surface area contributed by atoms with Crippen molar-refractivity contribution in [2.45, 2.75) is 0 Å². The van der Waals surface area contributed by atoms with Gasteiger partial charge in [-0.25, -0.2) is 4.39 Å². The van der Waals surface area contributed by atoms with Crippen molar-refractivity contribution in [3.05, 3.63) is 30.1 Å². The second-order valence-electron chi connectivity index (χ2n) is 1.61. The summed E-state index contributed by atoms with van der Waals surface area (Å²) in [4.78, 5) is 0. The Balaban J connectivity index is 3.01. The van der Waals surface area contributed by atoms with Gasteiger partial charge in [-0.2, -0.15) is 0 Å². The molecule has 0 heterocycles. The first-order chi connectivity index (χ1) is 4.33. The quantitative estimate of drug-likeness (QED) is 0.544. The highest BCUT2D eigenvalue weighted by Crippen LogP contribution is 1.97. The lowest BCUT2D eigenvalue weighted by atomic mass is 10.4. The van der Waals surface area contributed by atoms with Gasteiger partial charge in [0.15, 0.2) is 0 Å². The molecule has 9 heavy (non-hydrogen) atoms. The predicted molar refractivity (Wildman–Crippen MR) is 35.0 cm³/mol. The fourth-order valence-electron chi connectivity index (χ4n) is 0.518. The van der Waals surface area contributed by atoms with Gasteiger partial charge in [0.25, 0.3) is 0 Å². The minimum absolute atomic E-state index is 0.294. The molecule has 0 amide bonds. The van der Waals surface area contributed by atoms with Gasteiger partial charge in [0.1, 0.15) is 5.82 Å². The van der Waals surface area contributed by atoms with Crippen LogP contribution in [0.1, 0.15) is 0 Å². The van der Waals surface area contributed by atoms with Gasteiger partial charge in [-0.3, -0.25) is 4.57 Å². The van der Waals surface area contributed by atoms with Crippen molar-refractivity contribution in [2.75, 3.05) is 0 Å². The largest absolute Gasteiger partial charge is 0.285 e. The smallest absolute Gasteiger partial charge is 0.123 e. The van der Waals surface area contributed by atoms with E-state index in [9.17, 15) is 8.96 Å². The molecular formula is C6H5FOP. The number of hydrogen-bond acceptors (Lipinski definition) is 1. The molecule has 0 aromatic heterocycles. The van der Waals surface area contributed by atoms with E-state index in [1.807, 2.05) is 0 Å². The molecule has 0 aliphatic heterocycles. The molecular weight excluding hydrogens is 138 g/mol. The maximum absolute atomic E-state index is 12.1. The summed E-state index contributed by atoms with van der Waals surface area (Å²) in [5, 5.41) is 0.649. The molecule has 0 aliphatic rings. The number of hydrogen-bond donors (Lipinski definition) is 0. The van der Waals surface area contributed by atoms with E-state index in [0.717, 1.165) is 0 Å². The topological polar surface area (TPSA) is 17.1 Å². The molecule has 0 bridgehead atoms. The third-order valence-electron chi connectivity index (χ3n) is 0.962. The van der Waals surface area contributed by atoms with Crippen LogP contribution in [0.25, 0.3) is 0 Å². The zero-order valence-electron chi connectivity index (χ0n) is 4.60. The molecule has 0 N–H and O–H groups in total. The third-order valence-corrected chi connectivity index (χ3v) is 1.53. The molecule has 1 aromatic rings. The predicted octanol–water partition coefficient (Wildman–Crippen LogP) is 1.47. The second-order valence-corrected chi connectivity index (χ2v) is 2.39. The van der Waals surface area contributed by atoms with Crippen molar-refractivity contribution in [1.29, 1.82) is 0 Å². The van der Waals surface area contributed by atoms with E-state index in [1.54, 1.807) is 0 Å². The van der Waals surface area contributed by atoms with Crippen molar-refractivity contribution in [1.82, 2.24) is 0 Å². The van der Waals surface area contributed by atoms with E-state index < -0.39 is 8.46 Å². The summed E-state index contributed by atoms with van der Waals surface area (Å²) in [6.07, 6.45) is 0. The van der Waals surface area contributed by atoms with Gasteiger partial charge >= 0.3 is 0 Å². The number of rotatable bonds is 1. The Morgan fingerprint density at radius 2 is 1.78 bits per heavy atom. The molecule has 0 saturated carbocycles. The molecule has 0 aliphatic carbocycles. The van der Waals surface area contributed by atoms with Crippen LogP contribution < -0.4 is 5.30 Å². The molecule has 1 aromatic carbocycles. The molecule has 0 spiro atoms. The van der Waals surface area contributed by atoms with Crippen molar-refractivity contribution in [3.63, 3.8) is 0 Å². The zero-order valence-corrected chi connectivity index (χ0v) is 5.60. The first kappa shape index (κ1) is 6.37. The van der Waals surface area contributed by atoms with Crippen LogP contribution in [0, 0.1) is 5.82 Å². The molecule has 1 radical (unpaired) electrons. The first-order valence-electron chi connectivity index (χ1n) is 2.46. The van der Waals surface area contributed by atoms with E-state index in [1.165, 1.54) is 24.3 Å². The summed E-state index contributed by atoms with van der Waals surface area (Å²) in [6.45, 7) is 0. The summed E-state index contributed by atoms with van der Waals surface area (Å²) < 4.78 is 22.3. The van der Waals surface area contributed by atoms with Crippen LogP contribution in [0.3, 0.4) is 0 Å². The van der Waals surface area contributed by atoms with Crippen LogP contribution in [-0.4, -0.2) is 0 Å². The maximum atomic E-state index is 12.1. The summed E-state index contributed by atoms with van der Waals surface area (Å²) >= 11 is 0. The minimum Gasteiger partial charge on any atom is -0.285 e. The van der Waals surface area contributed by atoms with Crippen LogP contribution in [0.4, 0.5) is 4.39 Å². The summed E-state index contributed by atoms with van der Waals surface area (Å²) in [5.41, 5.74) is 0. The van der Waals surface area contributed by atoms with Gasteiger partial charge in [0.2, 0.25) is 0 Å². The van der Waals surface area contributed by atoms with Crippen molar-refractivity contribution in [3.8, 4) is 0 Å². The lowest BCUT2D eigenvalue weighted by Gasteiger charge is -1.86. The van der Waals surface area contributed by atoms with Gasteiger partial charge in [-0.15, -0.1) is 0 Å². The Kier molecular flexibility index (Phi) is 1.91. The molecule has 0 saturated heterocycles. The van der Waals surface area contributed by atoms with E-state index in [2.05, 4.69) is 0 Å². The van der Waals surface area contributed by atoms with E-state index >= 15 is 0 Å². The molecule has 1 unspecified atom stereocenters. The average Bonchev–Trinajstić information content (AvgIpc) is 1.90. The minimum atomic E-state index is -0.490. The van der Waals surface area contributed by atoms with Gasteiger partial charge < -0.3 is 0 Å². The second kappa shape index (κ2) is 2.70. The van der Waals surface area contributed by atoms with E-state index in [4.69, 9.17) is 0 Å². The SMILES string of the molecule is O=[PH]c1ccc(F)cc1. The van der Waals surface area contributed by atoms with Gasteiger partial charge in [-0.05, 0) is 24.3 Å². The fraction of sp³-hybridized carbons (Fsp3) is 0. The highest BCUT2D eigenvalue weighted by Gasteiger charge is 1.87. The van der Waals surface area contributed by atoms with Crippen LogP contribution >= 0.6 is 8.46 Å². The van der Waals surface area contributed by atoms with Crippen LogP contribution in [0.5, 0.6) is 0 Å². The van der Waals surface area contributed by atoms with E-state index in [-0.39, 0.29) is 5.82 Å². The van der Waals surface area contributed by atoms with Gasteiger partial charge in [0.05, 0.1) is 8.46 Å². The summed E-state index contributed by atoms with van der Waals surface area (Å²) in [6, 6.07) is 5.59. The molecule has 47 valence electrons. The standard InChI is InChI=1S/C6H5FOP/c7-5-1-3-6(9-8)4-2-5/h1-4,9H. The van der Waals surface area contributed by atoms with Crippen molar-refractivity contribution in [2.24, 2.45) is 0 Å². The van der Waals surface area contributed by atoms with Crippen molar-refractivity contribution < 1.29 is 8.96 Å². The Hall–Kier alpha value is -0.750. The molecule has 0 fully saturated rings. The summed E-state index contributed by atoms with van der Waals surface area (Å²) in [5.74, 6) is -0.294. The number of halogens is 1.